The molecule has 1 unspecified atom stereocenters. The Morgan fingerprint density at radius 2 is 1.75 bits per heavy atom. The van der Waals surface area contributed by atoms with Crippen molar-refractivity contribution in [3.8, 4) is 16.9 Å². The van der Waals surface area contributed by atoms with Crippen LogP contribution in [-0.4, -0.2) is 13.9 Å². The molecule has 0 aromatic heterocycles. The molecule has 0 aliphatic rings. The number of phenolic OH excluding ortho intramolecular Hbond substituents is 1. The van der Waals surface area contributed by atoms with E-state index >= 15 is 0 Å². The Balaban J connectivity index is 2.53. The van der Waals surface area contributed by atoms with E-state index < -0.39 is 11.1 Å². The lowest BCUT2D eigenvalue weighted by Gasteiger charge is -2.05. The highest BCUT2D eigenvalue weighted by Crippen LogP contribution is 2.29. The van der Waals surface area contributed by atoms with Crippen LogP contribution < -0.4 is 0 Å². The molecule has 82 valence electrons. The van der Waals surface area contributed by atoms with Gasteiger partial charge in [-0.3, -0.25) is 0 Å². The van der Waals surface area contributed by atoms with Crippen molar-refractivity contribution in [1.29, 1.82) is 0 Å². The molecule has 0 saturated carbocycles. The second-order valence-electron chi connectivity index (χ2n) is 3.29. The fourth-order valence-corrected chi connectivity index (χ4v) is 1.91. The molecule has 0 spiro atoms. The maximum absolute atomic E-state index is 10.9. The summed E-state index contributed by atoms with van der Waals surface area (Å²) < 4.78 is 19.9. The number of aromatic hydroxyl groups is 1. The van der Waals surface area contributed by atoms with Gasteiger partial charge in [0.1, 0.15) is 5.75 Å². The van der Waals surface area contributed by atoms with Gasteiger partial charge in [0, 0.05) is 5.56 Å². The first kappa shape index (κ1) is 10.9. The van der Waals surface area contributed by atoms with Gasteiger partial charge in [-0.1, -0.05) is 30.3 Å². The van der Waals surface area contributed by atoms with E-state index in [4.69, 9.17) is 4.55 Å². The Hall–Kier alpha value is -1.65. The van der Waals surface area contributed by atoms with Crippen molar-refractivity contribution >= 4 is 11.1 Å². The van der Waals surface area contributed by atoms with Crippen LogP contribution in [0.1, 0.15) is 0 Å². The first-order valence-electron chi connectivity index (χ1n) is 4.68. The topological polar surface area (TPSA) is 57.5 Å². The fourth-order valence-electron chi connectivity index (χ4n) is 1.49. The van der Waals surface area contributed by atoms with Crippen molar-refractivity contribution in [1.82, 2.24) is 0 Å². The first-order valence-corrected chi connectivity index (χ1v) is 5.78. The highest BCUT2D eigenvalue weighted by Gasteiger charge is 2.05. The Bertz CT molecular complexity index is 537. The molecule has 0 bridgehead atoms. The van der Waals surface area contributed by atoms with Crippen molar-refractivity contribution < 1.29 is 13.9 Å². The molecule has 2 aromatic rings. The van der Waals surface area contributed by atoms with Gasteiger partial charge in [0.05, 0.1) is 4.90 Å². The number of rotatable bonds is 2. The van der Waals surface area contributed by atoms with Gasteiger partial charge in [-0.25, -0.2) is 4.21 Å². The van der Waals surface area contributed by atoms with Gasteiger partial charge in [0.2, 0.25) is 0 Å². The molecule has 16 heavy (non-hydrogen) atoms. The monoisotopic (exact) mass is 234 g/mol. The highest BCUT2D eigenvalue weighted by atomic mass is 32.2. The van der Waals surface area contributed by atoms with E-state index in [0.29, 0.717) is 10.5 Å². The standard InChI is InChI=1S/C12H10O3S/c13-12-7-2-1-6-11(12)9-4-3-5-10(8-9)16(14)15/h1-8,13H,(H,14,15). The Morgan fingerprint density at radius 3 is 2.44 bits per heavy atom. The van der Waals surface area contributed by atoms with Crippen molar-refractivity contribution in [3.63, 3.8) is 0 Å². The smallest absolute Gasteiger partial charge is 0.186 e. The highest BCUT2D eigenvalue weighted by molar-refractivity contribution is 7.79. The summed E-state index contributed by atoms with van der Waals surface area (Å²) in [6, 6.07) is 13.5. The first-order chi connectivity index (χ1) is 7.68. The molecule has 2 aromatic carbocycles. The summed E-state index contributed by atoms with van der Waals surface area (Å²) in [5.74, 6) is 0.156. The van der Waals surface area contributed by atoms with E-state index in [1.165, 1.54) is 0 Å². The lowest BCUT2D eigenvalue weighted by Crippen LogP contribution is -1.88. The molecule has 0 radical (unpaired) electrons. The SMILES string of the molecule is O=S(O)c1cccc(-c2ccccc2O)c1. The van der Waals surface area contributed by atoms with E-state index in [-0.39, 0.29) is 5.75 Å². The number of hydrogen-bond acceptors (Lipinski definition) is 2. The Morgan fingerprint density at radius 1 is 1.00 bits per heavy atom. The molecular weight excluding hydrogens is 224 g/mol. The van der Waals surface area contributed by atoms with Gasteiger partial charge in [0.15, 0.2) is 11.1 Å². The van der Waals surface area contributed by atoms with Gasteiger partial charge < -0.3 is 9.66 Å². The van der Waals surface area contributed by atoms with Crippen LogP contribution in [0.25, 0.3) is 11.1 Å². The van der Waals surface area contributed by atoms with Crippen LogP contribution in [-0.2, 0) is 11.1 Å². The van der Waals surface area contributed by atoms with Gasteiger partial charge >= 0.3 is 0 Å². The molecule has 4 heteroatoms. The predicted octanol–water partition coefficient (Wildman–Crippen LogP) is 2.64. The van der Waals surface area contributed by atoms with Gasteiger partial charge in [-0.15, -0.1) is 0 Å². The average Bonchev–Trinajstić information content (AvgIpc) is 2.30. The van der Waals surface area contributed by atoms with Gasteiger partial charge in [0.25, 0.3) is 0 Å². The minimum atomic E-state index is -2.00. The van der Waals surface area contributed by atoms with Crippen LogP contribution in [0.4, 0.5) is 0 Å². The van der Waals surface area contributed by atoms with E-state index in [0.717, 1.165) is 5.56 Å². The van der Waals surface area contributed by atoms with Gasteiger partial charge in [-0.05, 0) is 23.8 Å². The van der Waals surface area contributed by atoms with E-state index in [9.17, 15) is 9.32 Å². The number of hydrogen-bond donors (Lipinski definition) is 2. The second-order valence-corrected chi connectivity index (χ2v) is 4.26. The third kappa shape index (κ3) is 2.13. The molecule has 0 fully saturated rings. The summed E-state index contributed by atoms with van der Waals surface area (Å²) in [4.78, 5) is 0.320. The van der Waals surface area contributed by atoms with Crippen molar-refractivity contribution in [3.05, 3.63) is 48.5 Å². The molecule has 3 nitrogen and oxygen atoms in total. The summed E-state index contributed by atoms with van der Waals surface area (Å²) in [6.07, 6.45) is 0. The van der Waals surface area contributed by atoms with Crippen LogP contribution in [0.5, 0.6) is 5.75 Å². The lowest BCUT2D eigenvalue weighted by atomic mass is 10.1. The summed E-state index contributed by atoms with van der Waals surface area (Å²) in [5, 5.41) is 9.66. The van der Waals surface area contributed by atoms with Crippen LogP contribution in [0.3, 0.4) is 0 Å². The van der Waals surface area contributed by atoms with Crippen LogP contribution in [0.2, 0.25) is 0 Å². The third-order valence-electron chi connectivity index (χ3n) is 2.25. The zero-order valence-electron chi connectivity index (χ0n) is 8.33. The Kier molecular flexibility index (Phi) is 3.03. The van der Waals surface area contributed by atoms with E-state index in [2.05, 4.69) is 0 Å². The van der Waals surface area contributed by atoms with Crippen molar-refractivity contribution in [2.24, 2.45) is 0 Å². The zero-order valence-corrected chi connectivity index (χ0v) is 9.15. The molecule has 2 N–H and O–H groups in total. The quantitative estimate of drug-likeness (QED) is 0.785. The average molecular weight is 234 g/mol. The van der Waals surface area contributed by atoms with Crippen LogP contribution >= 0.6 is 0 Å². The molecule has 0 aliphatic carbocycles. The molecule has 2 rings (SSSR count). The second kappa shape index (κ2) is 4.47. The number of phenols is 1. The van der Waals surface area contributed by atoms with Crippen LogP contribution in [0, 0.1) is 0 Å². The summed E-state index contributed by atoms with van der Waals surface area (Å²) >= 11 is -2.00. The van der Waals surface area contributed by atoms with Gasteiger partial charge in [-0.2, -0.15) is 0 Å². The van der Waals surface area contributed by atoms with Crippen molar-refractivity contribution in [2.45, 2.75) is 4.90 Å². The number of benzene rings is 2. The molecule has 0 amide bonds. The third-order valence-corrected chi connectivity index (χ3v) is 2.91. The van der Waals surface area contributed by atoms with E-state index in [1.807, 2.05) is 0 Å². The predicted molar refractivity (Wildman–Crippen MR) is 62.6 cm³/mol. The maximum atomic E-state index is 10.9. The molecule has 0 saturated heterocycles. The summed E-state index contributed by atoms with van der Waals surface area (Å²) in [6.45, 7) is 0. The minimum absolute atomic E-state index is 0.156. The molecule has 0 heterocycles. The normalized spacial score (nSPS) is 12.3. The molecule has 0 aliphatic heterocycles. The lowest BCUT2D eigenvalue weighted by molar-refractivity contribution is 0.477. The molecule has 1 atom stereocenters. The van der Waals surface area contributed by atoms with Crippen LogP contribution in [0.15, 0.2) is 53.4 Å². The zero-order chi connectivity index (χ0) is 11.5. The maximum Gasteiger partial charge on any atom is 0.186 e. The fraction of sp³-hybridized carbons (Fsp3) is 0. The molecular formula is C12H10O3S. The summed E-state index contributed by atoms with van der Waals surface area (Å²) in [5.41, 5.74) is 1.37. The van der Waals surface area contributed by atoms with E-state index in [1.54, 1.807) is 48.5 Å². The largest absolute Gasteiger partial charge is 0.507 e. The number of para-hydroxylation sites is 1. The minimum Gasteiger partial charge on any atom is -0.507 e. The Labute approximate surface area is 95.7 Å². The van der Waals surface area contributed by atoms with Crippen molar-refractivity contribution in [2.75, 3.05) is 0 Å². The summed E-state index contributed by atoms with van der Waals surface area (Å²) in [7, 11) is 0.